The predicted molar refractivity (Wildman–Crippen MR) is 58.2 cm³/mol. The molecule has 15 heavy (non-hydrogen) atoms. The Morgan fingerprint density at radius 2 is 1.80 bits per heavy atom. The van der Waals surface area contributed by atoms with Gasteiger partial charge in [0.15, 0.2) is 0 Å². The van der Waals surface area contributed by atoms with Crippen molar-refractivity contribution in [2.24, 2.45) is 4.99 Å². The molecule has 0 saturated carbocycles. The van der Waals surface area contributed by atoms with Crippen molar-refractivity contribution in [3.05, 3.63) is 53.9 Å². The second kappa shape index (κ2) is 5.54. The zero-order valence-electron chi connectivity index (χ0n) is 8.31. The normalized spacial score (nSPS) is 10.2. The molecule has 0 saturated heterocycles. The minimum atomic E-state index is 0. The van der Waals surface area contributed by atoms with Gasteiger partial charge in [-0.3, -0.25) is 4.99 Å². The Kier molecular flexibility index (Phi) is 4.35. The van der Waals surface area contributed by atoms with Crippen LogP contribution >= 0.6 is 0 Å². The van der Waals surface area contributed by atoms with Gasteiger partial charge in [-0.1, -0.05) is 37.3 Å². The molecule has 0 atom stereocenters. The average Bonchev–Trinajstić information content (AvgIpc) is 2.63. The van der Waals surface area contributed by atoms with Crippen molar-refractivity contribution in [3.8, 4) is 0 Å². The molecule has 0 N–H and O–H groups in total. The van der Waals surface area contributed by atoms with Crippen LogP contribution in [0.5, 0.6) is 0 Å². The van der Waals surface area contributed by atoms with Crippen LogP contribution in [-0.2, 0) is 17.1 Å². The van der Waals surface area contributed by atoms with Crippen LogP contribution in [0, 0.1) is 6.92 Å². The molecule has 80 valence electrons. The van der Waals surface area contributed by atoms with Gasteiger partial charge >= 0.3 is 17.1 Å². The zero-order valence-corrected chi connectivity index (χ0v) is 9.26. The fourth-order valence-electron chi connectivity index (χ4n) is 1.21. The van der Waals surface area contributed by atoms with E-state index in [2.05, 4.69) is 9.98 Å². The van der Waals surface area contributed by atoms with Gasteiger partial charge in [-0.15, -0.1) is 5.69 Å². The van der Waals surface area contributed by atoms with Gasteiger partial charge in [0.05, 0.1) is 5.69 Å². The molecule has 0 spiro atoms. The monoisotopic (exact) mass is 246 g/mol. The average molecular weight is 247 g/mol. The third kappa shape index (κ3) is 3.39. The molecule has 3 heteroatoms. The Morgan fingerprint density at radius 1 is 1.07 bits per heavy atom. The topological polar surface area (TPSA) is 26.5 Å². The van der Waals surface area contributed by atoms with Crippen LogP contribution in [0.4, 0.5) is 5.69 Å². The van der Waals surface area contributed by atoms with E-state index in [-0.39, 0.29) is 17.1 Å². The Bertz CT molecular complexity index is 432. The maximum atomic E-state index is 4.30. The minimum Gasteiger partial charge on any atom is -0.660 e. The van der Waals surface area contributed by atoms with Gasteiger partial charge in [-0.05, 0) is 12.1 Å². The molecule has 1 heterocycles. The third-order valence-corrected chi connectivity index (χ3v) is 1.90. The number of rotatable bonds is 2. The van der Waals surface area contributed by atoms with Crippen molar-refractivity contribution in [2.75, 3.05) is 0 Å². The van der Waals surface area contributed by atoms with Crippen molar-refractivity contribution in [2.45, 2.75) is 6.92 Å². The van der Waals surface area contributed by atoms with Crippen molar-refractivity contribution < 1.29 is 17.1 Å². The first kappa shape index (κ1) is 11.8. The number of benzene rings is 1. The number of aliphatic imine (C=N–C) groups is 1. The van der Waals surface area contributed by atoms with Crippen molar-refractivity contribution >= 4 is 11.9 Å². The van der Waals surface area contributed by atoms with Gasteiger partial charge in [0.25, 0.3) is 0 Å². The van der Waals surface area contributed by atoms with Crippen molar-refractivity contribution in [1.82, 2.24) is 4.98 Å². The van der Waals surface area contributed by atoms with E-state index in [1.807, 2.05) is 49.4 Å². The van der Waals surface area contributed by atoms with Gasteiger partial charge in [-0.2, -0.15) is 5.69 Å². The largest absolute Gasteiger partial charge is 1.00 e. The molecule has 1 aromatic heterocycles. The van der Waals surface area contributed by atoms with Crippen LogP contribution in [0.2, 0.25) is 0 Å². The fraction of sp³-hybridized carbons (Fsp3) is 0.0833. The van der Waals surface area contributed by atoms with E-state index in [1.54, 1.807) is 6.21 Å². The molecule has 2 aromatic rings. The fourth-order valence-corrected chi connectivity index (χ4v) is 1.21. The molecule has 2 rings (SSSR count). The second-order valence-corrected chi connectivity index (χ2v) is 3.11. The summed E-state index contributed by atoms with van der Waals surface area (Å²) in [5.41, 5.74) is 2.89. The number of nitrogens with zero attached hydrogens (tertiary/aromatic N) is 2. The summed E-state index contributed by atoms with van der Waals surface area (Å²) in [4.78, 5) is 8.58. The first-order valence-electron chi connectivity index (χ1n) is 4.54. The Hall–Kier alpha value is -1.31. The molecular formula is C12H11CuN2. The van der Waals surface area contributed by atoms with E-state index in [4.69, 9.17) is 0 Å². The second-order valence-electron chi connectivity index (χ2n) is 3.11. The SMILES string of the molecule is Cc1ccc(C=Nc2ccccc2)[n-]1.[Cu+]. The number of aryl methyl sites for hydroxylation is 1. The Labute approximate surface area is 99.9 Å². The Balaban J connectivity index is 0.00000112. The van der Waals surface area contributed by atoms with E-state index in [0.717, 1.165) is 17.1 Å². The molecule has 0 unspecified atom stereocenters. The molecule has 0 aliphatic carbocycles. The summed E-state index contributed by atoms with van der Waals surface area (Å²) in [7, 11) is 0. The van der Waals surface area contributed by atoms with Crippen molar-refractivity contribution in [1.29, 1.82) is 0 Å². The summed E-state index contributed by atoms with van der Waals surface area (Å²) >= 11 is 0. The molecule has 0 aliphatic heterocycles. The van der Waals surface area contributed by atoms with Crippen LogP contribution in [0.25, 0.3) is 0 Å². The van der Waals surface area contributed by atoms with E-state index >= 15 is 0 Å². The number of hydrogen-bond donors (Lipinski definition) is 0. The predicted octanol–water partition coefficient (Wildman–Crippen LogP) is 2.70. The first-order valence-corrected chi connectivity index (χ1v) is 4.54. The summed E-state index contributed by atoms with van der Waals surface area (Å²) < 4.78 is 0. The summed E-state index contributed by atoms with van der Waals surface area (Å²) in [6, 6.07) is 13.8. The Morgan fingerprint density at radius 3 is 2.40 bits per heavy atom. The molecular weight excluding hydrogens is 236 g/mol. The van der Waals surface area contributed by atoms with Gasteiger partial charge in [0.2, 0.25) is 0 Å². The van der Waals surface area contributed by atoms with Crippen LogP contribution < -0.4 is 4.98 Å². The minimum absolute atomic E-state index is 0. The molecule has 2 nitrogen and oxygen atoms in total. The number of hydrogen-bond acceptors (Lipinski definition) is 1. The molecule has 0 fully saturated rings. The van der Waals surface area contributed by atoms with Gasteiger partial charge in [-0.25, -0.2) is 0 Å². The number of aromatic nitrogens is 1. The number of para-hydroxylation sites is 1. The van der Waals surface area contributed by atoms with Crippen LogP contribution in [0.3, 0.4) is 0 Å². The van der Waals surface area contributed by atoms with Crippen LogP contribution in [-0.4, -0.2) is 6.21 Å². The molecule has 0 bridgehead atoms. The van der Waals surface area contributed by atoms with Gasteiger partial charge in [0.1, 0.15) is 0 Å². The summed E-state index contributed by atoms with van der Waals surface area (Å²) in [5.74, 6) is 0. The summed E-state index contributed by atoms with van der Waals surface area (Å²) in [5, 5.41) is 0. The first-order chi connectivity index (χ1) is 6.84. The standard InChI is InChI=1S/C12H11N2.Cu/c1-10-7-8-12(14-10)9-13-11-5-3-2-4-6-11;/h2-9H,1H3;/q-1;+1. The third-order valence-electron chi connectivity index (χ3n) is 1.90. The van der Waals surface area contributed by atoms with E-state index in [9.17, 15) is 0 Å². The zero-order chi connectivity index (χ0) is 9.80. The molecule has 0 amide bonds. The molecule has 0 aliphatic rings. The van der Waals surface area contributed by atoms with E-state index < -0.39 is 0 Å². The van der Waals surface area contributed by atoms with Crippen LogP contribution in [0.1, 0.15) is 11.4 Å². The quantitative estimate of drug-likeness (QED) is 0.591. The smallest absolute Gasteiger partial charge is 0.660 e. The van der Waals surface area contributed by atoms with Crippen LogP contribution in [0.15, 0.2) is 47.5 Å². The maximum Gasteiger partial charge on any atom is 1.00 e. The van der Waals surface area contributed by atoms with Gasteiger partial charge in [0, 0.05) is 6.21 Å². The van der Waals surface area contributed by atoms with E-state index in [1.165, 1.54) is 0 Å². The van der Waals surface area contributed by atoms with Crippen molar-refractivity contribution in [3.63, 3.8) is 0 Å². The van der Waals surface area contributed by atoms with E-state index in [0.29, 0.717) is 0 Å². The summed E-state index contributed by atoms with van der Waals surface area (Å²) in [6.45, 7) is 1.97. The maximum absolute atomic E-state index is 4.30. The van der Waals surface area contributed by atoms with Gasteiger partial charge < -0.3 is 4.98 Å². The molecule has 0 radical (unpaired) electrons. The summed E-state index contributed by atoms with van der Waals surface area (Å²) in [6.07, 6.45) is 1.78. The molecule has 1 aromatic carbocycles.